The van der Waals surface area contributed by atoms with Crippen molar-refractivity contribution >= 4 is 0 Å². The van der Waals surface area contributed by atoms with Gasteiger partial charge >= 0.3 is 0 Å². The zero-order valence-electron chi connectivity index (χ0n) is 16.1. The fourth-order valence-corrected chi connectivity index (χ4v) is 3.81. The molecule has 0 saturated carbocycles. The van der Waals surface area contributed by atoms with Crippen molar-refractivity contribution in [1.29, 1.82) is 0 Å². The first-order chi connectivity index (χ1) is 12.7. The van der Waals surface area contributed by atoms with Crippen LogP contribution in [0.3, 0.4) is 0 Å². The molecule has 3 rings (SSSR count). The third-order valence-electron chi connectivity index (χ3n) is 5.34. The Morgan fingerprint density at radius 1 is 1.00 bits per heavy atom. The zero-order valence-corrected chi connectivity index (χ0v) is 16.1. The molecule has 1 N–H and O–H groups in total. The number of ether oxygens (including phenoxy) is 2. The summed E-state index contributed by atoms with van der Waals surface area (Å²) in [6.45, 7) is 5.26. The van der Waals surface area contributed by atoms with Crippen molar-refractivity contribution in [2.24, 2.45) is 0 Å². The van der Waals surface area contributed by atoms with Gasteiger partial charge in [0.1, 0.15) is 11.5 Å². The number of likely N-dealkylation sites (tertiary alicyclic amines) is 1. The Kier molecular flexibility index (Phi) is 6.53. The maximum absolute atomic E-state index is 5.50. The molecule has 0 radical (unpaired) electrons. The molecule has 1 saturated heterocycles. The van der Waals surface area contributed by atoms with E-state index in [4.69, 9.17) is 9.47 Å². The third kappa shape index (κ3) is 4.57. The van der Waals surface area contributed by atoms with Crippen LogP contribution in [0.4, 0.5) is 0 Å². The molecule has 4 nitrogen and oxygen atoms in total. The first kappa shape index (κ1) is 18.7. The van der Waals surface area contributed by atoms with Gasteiger partial charge < -0.3 is 14.8 Å². The van der Waals surface area contributed by atoms with E-state index in [9.17, 15) is 0 Å². The van der Waals surface area contributed by atoms with Crippen LogP contribution < -0.4 is 14.8 Å². The van der Waals surface area contributed by atoms with E-state index >= 15 is 0 Å². The third-order valence-corrected chi connectivity index (χ3v) is 5.34. The van der Waals surface area contributed by atoms with Crippen molar-refractivity contribution in [3.63, 3.8) is 0 Å². The number of rotatable bonds is 7. The Morgan fingerprint density at radius 3 is 2.31 bits per heavy atom. The topological polar surface area (TPSA) is 33.7 Å². The predicted octanol–water partition coefficient (Wildman–Crippen LogP) is 3.85. The molecule has 0 aliphatic carbocycles. The number of nitrogens with zero attached hydrogens (tertiary/aromatic N) is 1. The van der Waals surface area contributed by atoms with Crippen LogP contribution in [0.15, 0.2) is 48.5 Å². The van der Waals surface area contributed by atoms with Crippen LogP contribution in [0.2, 0.25) is 0 Å². The Bertz CT molecular complexity index is 668. The van der Waals surface area contributed by atoms with E-state index in [1.807, 2.05) is 18.2 Å². The predicted molar refractivity (Wildman–Crippen MR) is 106 cm³/mol. The summed E-state index contributed by atoms with van der Waals surface area (Å²) in [6, 6.07) is 17.8. The van der Waals surface area contributed by atoms with Crippen molar-refractivity contribution in [3.8, 4) is 11.5 Å². The van der Waals surface area contributed by atoms with Crippen LogP contribution in [0.25, 0.3) is 0 Å². The van der Waals surface area contributed by atoms with Gasteiger partial charge in [-0.15, -0.1) is 0 Å². The molecule has 4 heteroatoms. The summed E-state index contributed by atoms with van der Waals surface area (Å²) >= 11 is 0. The van der Waals surface area contributed by atoms with Crippen molar-refractivity contribution in [3.05, 3.63) is 59.7 Å². The maximum atomic E-state index is 5.50. The SMILES string of the molecule is COc1cccc(OC)c1CN[C@H]1CCN(Cc2ccccc2)[C@H](C)C1. The molecule has 2 aromatic carbocycles. The van der Waals surface area contributed by atoms with Gasteiger partial charge in [-0.1, -0.05) is 36.4 Å². The first-order valence-electron chi connectivity index (χ1n) is 9.42. The van der Waals surface area contributed by atoms with E-state index in [0.29, 0.717) is 12.1 Å². The number of hydrogen-bond acceptors (Lipinski definition) is 4. The van der Waals surface area contributed by atoms with Crippen LogP contribution in [0.5, 0.6) is 11.5 Å². The van der Waals surface area contributed by atoms with Gasteiger partial charge in [-0.2, -0.15) is 0 Å². The average Bonchev–Trinajstić information content (AvgIpc) is 2.68. The van der Waals surface area contributed by atoms with Gasteiger partial charge in [0.25, 0.3) is 0 Å². The summed E-state index contributed by atoms with van der Waals surface area (Å²) in [4.78, 5) is 2.58. The molecule has 0 aromatic heterocycles. The highest BCUT2D eigenvalue weighted by molar-refractivity contribution is 5.44. The summed E-state index contributed by atoms with van der Waals surface area (Å²) in [6.07, 6.45) is 2.32. The lowest BCUT2D eigenvalue weighted by atomic mass is 9.97. The molecule has 2 aromatic rings. The highest BCUT2D eigenvalue weighted by Crippen LogP contribution is 2.29. The summed E-state index contributed by atoms with van der Waals surface area (Å²) < 4.78 is 11.0. The van der Waals surface area contributed by atoms with Crippen molar-refractivity contribution in [2.75, 3.05) is 20.8 Å². The van der Waals surface area contributed by atoms with Crippen LogP contribution >= 0.6 is 0 Å². The second-order valence-electron chi connectivity index (χ2n) is 7.05. The number of benzene rings is 2. The van der Waals surface area contributed by atoms with Gasteiger partial charge in [0.2, 0.25) is 0 Å². The van der Waals surface area contributed by atoms with Crippen molar-refractivity contribution in [2.45, 2.75) is 44.9 Å². The molecule has 140 valence electrons. The molecule has 1 fully saturated rings. The van der Waals surface area contributed by atoms with Crippen LogP contribution in [-0.4, -0.2) is 37.7 Å². The minimum atomic E-state index is 0.520. The van der Waals surface area contributed by atoms with Crippen molar-refractivity contribution < 1.29 is 9.47 Å². The molecule has 0 amide bonds. The summed E-state index contributed by atoms with van der Waals surface area (Å²) in [5.74, 6) is 1.76. The normalized spacial score (nSPS) is 20.7. The second kappa shape index (κ2) is 9.06. The maximum Gasteiger partial charge on any atom is 0.127 e. The van der Waals surface area contributed by atoms with Gasteiger partial charge in [0.05, 0.1) is 14.2 Å². The fourth-order valence-electron chi connectivity index (χ4n) is 3.81. The average molecular weight is 354 g/mol. The lowest BCUT2D eigenvalue weighted by Gasteiger charge is -2.38. The lowest BCUT2D eigenvalue weighted by Crippen LogP contribution is -2.46. The van der Waals surface area contributed by atoms with E-state index in [0.717, 1.165) is 49.5 Å². The highest BCUT2D eigenvalue weighted by atomic mass is 16.5. The van der Waals surface area contributed by atoms with Crippen LogP contribution in [0.1, 0.15) is 30.9 Å². The fraction of sp³-hybridized carbons (Fsp3) is 0.455. The zero-order chi connectivity index (χ0) is 18.4. The van der Waals surface area contributed by atoms with E-state index < -0.39 is 0 Å². The van der Waals surface area contributed by atoms with Gasteiger partial charge in [0.15, 0.2) is 0 Å². The highest BCUT2D eigenvalue weighted by Gasteiger charge is 2.25. The van der Waals surface area contributed by atoms with E-state index in [1.165, 1.54) is 5.56 Å². The molecule has 0 bridgehead atoms. The molecule has 2 atom stereocenters. The molecule has 0 unspecified atom stereocenters. The summed E-state index contributed by atoms with van der Waals surface area (Å²) in [7, 11) is 3.42. The largest absolute Gasteiger partial charge is 0.496 e. The minimum absolute atomic E-state index is 0.520. The van der Waals surface area contributed by atoms with E-state index in [2.05, 4.69) is 47.5 Å². The molecule has 0 spiro atoms. The number of methoxy groups -OCH3 is 2. The van der Waals surface area contributed by atoms with Crippen LogP contribution in [-0.2, 0) is 13.1 Å². The number of nitrogens with one attached hydrogen (secondary N) is 1. The van der Waals surface area contributed by atoms with Gasteiger partial charge in [-0.25, -0.2) is 0 Å². The molecule has 1 aliphatic rings. The quantitative estimate of drug-likeness (QED) is 0.819. The molecular weight excluding hydrogens is 324 g/mol. The Balaban J connectivity index is 1.55. The van der Waals surface area contributed by atoms with E-state index in [-0.39, 0.29) is 0 Å². The standard InChI is InChI=1S/C22H30N2O2/c1-17-14-19(12-13-24(17)16-18-8-5-4-6-9-18)23-15-20-21(25-2)10-7-11-22(20)26-3/h4-11,17,19,23H,12-16H2,1-3H3/t17-,19+/m1/s1. The Hall–Kier alpha value is -2.04. The summed E-state index contributed by atoms with van der Waals surface area (Å²) in [5.41, 5.74) is 2.49. The van der Waals surface area contributed by atoms with Gasteiger partial charge in [-0.3, -0.25) is 4.90 Å². The molecule has 1 aliphatic heterocycles. The summed E-state index contributed by atoms with van der Waals surface area (Å²) in [5, 5.41) is 3.72. The lowest BCUT2D eigenvalue weighted by molar-refractivity contribution is 0.128. The van der Waals surface area contributed by atoms with E-state index in [1.54, 1.807) is 14.2 Å². The Labute approximate surface area is 157 Å². The Morgan fingerprint density at radius 2 is 1.69 bits per heavy atom. The van der Waals surface area contributed by atoms with Crippen LogP contribution in [0, 0.1) is 0 Å². The van der Waals surface area contributed by atoms with Gasteiger partial charge in [0, 0.05) is 37.3 Å². The molecule has 26 heavy (non-hydrogen) atoms. The number of piperidine rings is 1. The van der Waals surface area contributed by atoms with Gasteiger partial charge in [-0.05, 0) is 37.5 Å². The monoisotopic (exact) mass is 354 g/mol. The molecular formula is C22H30N2O2. The number of hydrogen-bond donors (Lipinski definition) is 1. The first-order valence-corrected chi connectivity index (χ1v) is 9.42. The second-order valence-corrected chi connectivity index (χ2v) is 7.05. The smallest absolute Gasteiger partial charge is 0.127 e. The molecule has 1 heterocycles. The minimum Gasteiger partial charge on any atom is -0.496 e. The van der Waals surface area contributed by atoms with Crippen molar-refractivity contribution in [1.82, 2.24) is 10.2 Å².